The first kappa shape index (κ1) is 17.3. The summed E-state index contributed by atoms with van der Waals surface area (Å²) in [4.78, 5) is 28.6. The average Bonchev–Trinajstić information content (AvgIpc) is 2.55. The highest BCUT2D eigenvalue weighted by atomic mass is 35.5. The Morgan fingerprint density at radius 3 is 2.78 bits per heavy atom. The fourth-order valence-electron chi connectivity index (χ4n) is 1.79. The molecule has 1 heterocycles. The molecule has 0 saturated heterocycles. The monoisotopic (exact) mass is 350 g/mol. The molecule has 7 heteroatoms. The summed E-state index contributed by atoms with van der Waals surface area (Å²) in [5.41, 5.74) is 0.823. The molecule has 1 aromatic carbocycles. The minimum Gasteiger partial charge on any atom is -0.452 e. The topological polar surface area (TPSA) is 68.3 Å². The average molecular weight is 351 g/mol. The fourth-order valence-corrected chi connectivity index (χ4v) is 2.75. The maximum Gasteiger partial charge on any atom is 0.339 e. The summed E-state index contributed by atoms with van der Waals surface area (Å²) in [5.74, 6) is -0.174. The second-order valence-electron chi connectivity index (χ2n) is 4.40. The van der Waals surface area contributed by atoms with E-state index in [-0.39, 0.29) is 5.15 Å². The Kier molecular flexibility index (Phi) is 6.43. The van der Waals surface area contributed by atoms with Crippen LogP contribution in [0.4, 0.5) is 5.69 Å². The van der Waals surface area contributed by atoms with E-state index < -0.39 is 18.5 Å². The number of anilines is 1. The molecule has 0 radical (unpaired) electrons. The lowest BCUT2D eigenvalue weighted by atomic mass is 10.2. The number of nitrogens with zero attached hydrogens (tertiary/aromatic N) is 1. The third-order valence-electron chi connectivity index (χ3n) is 2.77. The van der Waals surface area contributed by atoms with Crippen LogP contribution in [0.15, 0.2) is 47.5 Å². The maximum absolute atomic E-state index is 12.1. The molecule has 0 fully saturated rings. The predicted molar refractivity (Wildman–Crippen MR) is 91.0 cm³/mol. The Hall–Kier alpha value is -2.05. The van der Waals surface area contributed by atoms with Gasteiger partial charge in [0.15, 0.2) is 11.8 Å². The van der Waals surface area contributed by atoms with Crippen molar-refractivity contribution in [3.05, 3.63) is 53.3 Å². The number of esters is 1. The summed E-state index contributed by atoms with van der Waals surface area (Å²) in [7, 11) is 0. The normalized spacial score (nSPS) is 10.2. The van der Waals surface area contributed by atoms with Gasteiger partial charge in [-0.25, -0.2) is 9.78 Å². The van der Waals surface area contributed by atoms with Crippen LogP contribution in [0.2, 0.25) is 5.15 Å². The second kappa shape index (κ2) is 8.55. The summed E-state index contributed by atoms with van der Waals surface area (Å²) in [6, 6.07) is 10.4. The van der Waals surface area contributed by atoms with Gasteiger partial charge in [-0.05, 0) is 30.0 Å². The number of carbonyl (C=O) groups excluding carboxylic acids is 2. The number of hydrogen-bond acceptors (Lipinski definition) is 5. The lowest BCUT2D eigenvalue weighted by molar-refractivity contribution is -0.119. The molecule has 2 rings (SSSR count). The minimum atomic E-state index is -0.533. The second-order valence-corrected chi connectivity index (χ2v) is 6.06. The number of ether oxygens (including phenoxy) is 1. The van der Waals surface area contributed by atoms with Crippen LogP contribution in [-0.4, -0.2) is 29.2 Å². The third-order valence-corrected chi connectivity index (χ3v) is 4.03. The molecule has 23 heavy (non-hydrogen) atoms. The Morgan fingerprint density at radius 1 is 1.26 bits per heavy atom. The van der Waals surface area contributed by atoms with Crippen molar-refractivity contribution >= 4 is 40.9 Å². The third kappa shape index (κ3) is 4.97. The molecular formula is C16H15ClN2O3S. The fraction of sp³-hybridized carbons (Fsp3) is 0.188. The van der Waals surface area contributed by atoms with E-state index in [0.29, 0.717) is 11.3 Å². The SMILES string of the molecule is CCSc1ccccc1C(=O)OCC(=O)Nc1cccnc1Cl. The van der Waals surface area contributed by atoms with Crippen molar-refractivity contribution in [2.45, 2.75) is 11.8 Å². The van der Waals surface area contributed by atoms with Crippen molar-refractivity contribution in [3.8, 4) is 0 Å². The van der Waals surface area contributed by atoms with Gasteiger partial charge in [-0.1, -0.05) is 30.7 Å². The molecule has 5 nitrogen and oxygen atoms in total. The van der Waals surface area contributed by atoms with Crippen LogP contribution in [0.3, 0.4) is 0 Å². The highest BCUT2D eigenvalue weighted by molar-refractivity contribution is 7.99. The first-order valence-electron chi connectivity index (χ1n) is 6.91. The summed E-state index contributed by atoms with van der Waals surface area (Å²) < 4.78 is 5.06. The summed E-state index contributed by atoms with van der Waals surface area (Å²) in [6.45, 7) is 1.60. The zero-order chi connectivity index (χ0) is 16.7. The van der Waals surface area contributed by atoms with Gasteiger partial charge in [-0.3, -0.25) is 4.79 Å². The van der Waals surface area contributed by atoms with Crippen molar-refractivity contribution in [3.63, 3.8) is 0 Å². The van der Waals surface area contributed by atoms with Crippen molar-refractivity contribution in [1.29, 1.82) is 0 Å². The van der Waals surface area contributed by atoms with Crippen molar-refractivity contribution in [2.24, 2.45) is 0 Å². The van der Waals surface area contributed by atoms with E-state index in [1.165, 1.54) is 6.20 Å². The van der Waals surface area contributed by atoms with Gasteiger partial charge in [0.05, 0.1) is 11.3 Å². The first-order chi connectivity index (χ1) is 11.1. The number of nitrogens with one attached hydrogen (secondary N) is 1. The van der Waals surface area contributed by atoms with Gasteiger partial charge in [0.1, 0.15) is 0 Å². The quantitative estimate of drug-likeness (QED) is 0.489. The van der Waals surface area contributed by atoms with Gasteiger partial charge in [-0.15, -0.1) is 11.8 Å². The molecule has 1 amide bonds. The predicted octanol–water partition coefficient (Wildman–Crippen LogP) is 3.64. The molecule has 0 saturated carbocycles. The Labute approximate surface area is 143 Å². The number of amides is 1. The lowest BCUT2D eigenvalue weighted by Crippen LogP contribution is -2.21. The van der Waals surface area contributed by atoms with Gasteiger partial charge in [-0.2, -0.15) is 0 Å². The number of rotatable bonds is 6. The Bertz CT molecular complexity index is 709. The zero-order valence-corrected chi connectivity index (χ0v) is 14.0. The van der Waals surface area contributed by atoms with Crippen LogP contribution in [0.5, 0.6) is 0 Å². The van der Waals surface area contributed by atoms with Crippen LogP contribution in [-0.2, 0) is 9.53 Å². The summed E-state index contributed by atoms with van der Waals surface area (Å²) in [6.07, 6.45) is 1.51. The van der Waals surface area contributed by atoms with Crippen LogP contribution >= 0.6 is 23.4 Å². The molecule has 120 valence electrons. The van der Waals surface area contributed by atoms with Crippen LogP contribution < -0.4 is 5.32 Å². The van der Waals surface area contributed by atoms with Crippen molar-refractivity contribution in [1.82, 2.24) is 4.98 Å². The Balaban J connectivity index is 1.94. The van der Waals surface area contributed by atoms with Gasteiger partial charge >= 0.3 is 5.97 Å². The molecule has 1 aromatic heterocycles. The van der Waals surface area contributed by atoms with Crippen LogP contribution in [0.25, 0.3) is 0 Å². The van der Waals surface area contributed by atoms with Gasteiger partial charge < -0.3 is 10.1 Å². The number of hydrogen-bond donors (Lipinski definition) is 1. The van der Waals surface area contributed by atoms with E-state index in [9.17, 15) is 9.59 Å². The number of halogens is 1. The molecule has 0 unspecified atom stereocenters. The van der Waals surface area contributed by atoms with E-state index in [4.69, 9.17) is 16.3 Å². The molecule has 0 aliphatic rings. The van der Waals surface area contributed by atoms with E-state index >= 15 is 0 Å². The number of thioether (sulfide) groups is 1. The van der Waals surface area contributed by atoms with Gasteiger partial charge in [0.25, 0.3) is 5.91 Å². The minimum absolute atomic E-state index is 0.178. The summed E-state index contributed by atoms with van der Waals surface area (Å²) >= 11 is 7.39. The largest absolute Gasteiger partial charge is 0.452 e. The smallest absolute Gasteiger partial charge is 0.339 e. The number of pyridine rings is 1. The van der Waals surface area contributed by atoms with E-state index in [2.05, 4.69) is 10.3 Å². The van der Waals surface area contributed by atoms with Gasteiger partial charge in [0.2, 0.25) is 0 Å². The van der Waals surface area contributed by atoms with E-state index in [0.717, 1.165) is 10.6 Å². The summed E-state index contributed by atoms with van der Waals surface area (Å²) in [5, 5.41) is 2.72. The number of benzene rings is 1. The number of aromatic nitrogens is 1. The standard InChI is InChI=1S/C16H15ClN2O3S/c1-2-23-13-8-4-3-6-11(13)16(21)22-10-14(20)19-12-7-5-9-18-15(12)17/h3-9H,2,10H2,1H3,(H,19,20). The molecule has 0 spiro atoms. The van der Waals surface area contributed by atoms with Crippen LogP contribution in [0.1, 0.15) is 17.3 Å². The molecule has 0 bridgehead atoms. The van der Waals surface area contributed by atoms with Crippen LogP contribution in [0, 0.1) is 0 Å². The molecule has 2 aromatic rings. The maximum atomic E-state index is 12.1. The molecular weight excluding hydrogens is 336 g/mol. The Morgan fingerprint density at radius 2 is 2.04 bits per heavy atom. The highest BCUT2D eigenvalue weighted by Gasteiger charge is 2.14. The van der Waals surface area contributed by atoms with Crippen molar-refractivity contribution in [2.75, 3.05) is 17.7 Å². The lowest BCUT2D eigenvalue weighted by Gasteiger charge is -2.09. The number of carbonyl (C=O) groups is 2. The van der Waals surface area contributed by atoms with E-state index in [1.807, 2.05) is 19.1 Å². The molecule has 1 N–H and O–H groups in total. The first-order valence-corrected chi connectivity index (χ1v) is 8.27. The molecule has 0 atom stereocenters. The molecule has 0 aliphatic carbocycles. The van der Waals surface area contributed by atoms with E-state index in [1.54, 1.807) is 36.0 Å². The highest BCUT2D eigenvalue weighted by Crippen LogP contribution is 2.23. The van der Waals surface area contributed by atoms with Gasteiger partial charge in [0, 0.05) is 11.1 Å². The zero-order valence-electron chi connectivity index (χ0n) is 12.4. The molecule has 0 aliphatic heterocycles. The van der Waals surface area contributed by atoms with Crippen molar-refractivity contribution < 1.29 is 14.3 Å².